The Balaban J connectivity index is 1.59. The highest BCUT2D eigenvalue weighted by molar-refractivity contribution is 7.12. The standard InChI is InChI=1S/C22H28FN3O2S/c1-17(2)21(27)25-12-9-24(10-13-25)11-14-26(22(28)20-4-3-15-29-20)16-18-5-7-19(23)8-6-18/h3-8,15,17H,9-14,16H2,1-2H3. The summed E-state index contributed by atoms with van der Waals surface area (Å²) in [7, 11) is 0. The van der Waals surface area contributed by atoms with Crippen molar-refractivity contribution in [2.24, 2.45) is 5.92 Å². The number of benzene rings is 1. The van der Waals surface area contributed by atoms with Gasteiger partial charge in [0.1, 0.15) is 5.82 Å². The summed E-state index contributed by atoms with van der Waals surface area (Å²) in [5.41, 5.74) is 0.906. The van der Waals surface area contributed by atoms with Crippen LogP contribution in [0.3, 0.4) is 0 Å². The van der Waals surface area contributed by atoms with Crippen molar-refractivity contribution in [3.8, 4) is 0 Å². The van der Waals surface area contributed by atoms with Gasteiger partial charge in [0.2, 0.25) is 5.91 Å². The Bertz CT molecular complexity index is 800. The Morgan fingerprint density at radius 3 is 2.38 bits per heavy atom. The average Bonchev–Trinajstić information content (AvgIpc) is 3.26. The fraction of sp³-hybridized carbons (Fsp3) is 0.455. The number of piperazine rings is 1. The van der Waals surface area contributed by atoms with Crippen molar-refractivity contribution in [3.05, 3.63) is 58.0 Å². The van der Waals surface area contributed by atoms with E-state index in [9.17, 15) is 14.0 Å². The first kappa shape index (κ1) is 21.5. The molecule has 1 aromatic heterocycles. The van der Waals surface area contributed by atoms with Gasteiger partial charge in [0.05, 0.1) is 4.88 Å². The van der Waals surface area contributed by atoms with Gasteiger partial charge >= 0.3 is 0 Å². The van der Waals surface area contributed by atoms with Gasteiger partial charge in [0.15, 0.2) is 0 Å². The normalized spacial score (nSPS) is 15.0. The summed E-state index contributed by atoms with van der Waals surface area (Å²) in [6.07, 6.45) is 0. The van der Waals surface area contributed by atoms with Crippen molar-refractivity contribution in [1.82, 2.24) is 14.7 Å². The molecule has 0 radical (unpaired) electrons. The van der Waals surface area contributed by atoms with Gasteiger partial charge in [0, 0.05) is 51.7 Å². The zero-order valence-electron chi connectivity index (χ0n) is 17.0. The Morgan fingerprint density at radius 1 is 1.10 bits per heavy atom. The molecule has 156 valence electrons. The smallest absolute Gasteiger partial charge is 0.264 e. The van der Waals surface area contributed by atoms with Crippen molar-refractivity contribution >= 4 is 23.2 Å². The molecule has 1 aromatic carbocycles. The maximum Gasteiger partial charge on any atom is 0.264 e. The molecule has 1 saturated heterocycles. The number of nitrogens with zero attached hydrogens (tertiary/aromatic N) is 3. The molecule has 0 aliphatic carbocycles. The summed E-state index contributed by atoms with van der Waals surface area (Å²) in [5.74, 6) is -0.0525. The number of hydrogen-bond donors (Lipinski definition) is 0. The first-order chi connectivity index (χ1) is 13.9. The van der Waals surface area contributed by atoms with Gasteiger partial charge in [-0.3, -0.25) is 14.5 Å². The predicted molar refractivity (Wildman–Crippen MR) is 113 cm³/mol. The van der Waals surface area contributed by atoms with E-state index in [-0.39, 0.29) is 23.5 Å². The lowest BCUT2D eigenvalue weighted by Crippen LogP contribution is -2.51. The molecular formula is C22H28FN3O2S. The molecule has 7 heteroatoms. The molecule has 2 heterocycles. The minimum Gasteiger partial charge on any atom is -0.340 e. The molecule has 0 unspecified atom stereocenters. The third-order valence-electron chi connectivity index (χ3n) is 5.17. The summed E-state index contributed by atoms with van der Waals surface area (Å²) >= 11 is 1.43. The Labute approximate surface area is 175 Å². The first-order valence-electron chi connectivity index (χ1n) is 10.0. The molecular weight excluding hydrogens is 389 g/mol. The lowest BCUT2D eigenvalue weighted by atomic mass is 10.1. The maximum absolute atomic E-state index is 13.2. The van der Waals surface area contributed by atoms with Crippen LogP contribution in [0.4, 0.5) is 4.39 Å². The van der Waals surface area contributed by atoms with E-state index in [1.807, 2.05) is 41.2 Å². The second kappa shape index (κ2) is 9.98. The average molecular weight is 418 g/mol. The monoisotopic (exact) mass is 417 g/mol. The van der Waals surface area contributed by atoms with E-state index in [2.05, 4.69) is 4.90 Å². The molecule has 2 aromatic rings. The third kappa shape index (κ3) is 5.87. The van der Waals surface area contributed by atoms with Gasteiger partial charge in [-0.05, 0) is 29.1 Å². The van der Waals surface area contributed by atoms with Crippen LogP contribution in [0.25, 0.3) is 0 Å². The summed E-state index contributed by atoms with van der Waals surface area (Å²) in [6, 6.07) is 10.0. The minimum absolute atomic E-state index is 0.00190. The van der Waals surface area contributed by atoms with Crippen molar-refractivity contribution in [1.29, 1.82) is 0 Å². The lowest BCUT2D eigenvalue weighted by molar-refractivity contribution is -0.136. The number of halogens is 1. The number of hydrogen-bond acceptors (Lipinski definition) is 4. The molecule has 1 fully saturated rings. The summed E-state index contributed by atoms with van der Waals surface area (Å²) in [4.78, 5) is 31.9. The fourth-order valence-corrected chi connectivity index (χ4v) is 4.13. The van der Waals surface area contributed by atoms with Crippen LogP contribution in [-0.2, 0) is 11.3 Å². The summed E-state index contributed by atoms with van der Waals surface area (Å²) in [6.45, 7) is 8.74. The molecule has 0 atom stereocenters. The molecule has 0 saturated carbocycles. The molecule has 0 N–H and O–H groups in total. The molecule has 1 aliphatic rings. The number of thiophene rings is 1. The Kier molecular flexibility index (Phi) is 7.39. The SMILES string of the molecule is CC(C)C(=O)N1CCN(CCN(Cc2ccc(F)cc2)C(=O)c2cccs2)CC1. The highest BCUT2D eigenvalue weighted by Gasteiger charge is 2.24. The summed E-state index contributed by atoms with van der Waals surface area (Å²) in [5, 5.41) is 1.90. The highest BCUT2D eigenvalue weighted by Crippen LogP contribution is 2.16. The number of carbonyl (C=O) groups is 2. The topological polar surface area (TPSA) is 43.9 Å². The van der Waals surface area contributed by atoms with Gasteiger partial charge in [0.25, 0.3) is 5.91 Å². The molecule has 1 aliphatic heterocycles. The number of rotatable bonds is 7. The van der Waals surface area contributed by atoms with Crippen molar-refractivity contribution in [3.63, 3.8) is 0 Å². The van der Waals surface area contributed by atoms with Crippen LogP contribution in [0.15, 0.2) is 41.8 Å². The van der Waals surface area contributed by atoms with Crippen LogP contribution in [-0.4, -0.2) is 65.8 Å². The van der Waals surface area contributed by atoms with Crippen LogP contribution >= 0.6 is 11.3 Å². The largest absolute Gasteiger partial charge is 0.340 e. The van der Waals surface area contributed by atoms with E-state index in [0.717, 1.165) is 38.3 Å². The lowest BCUT2D eigenvalue weighted by Gasteiger charge is -2.36. The van der Waals surface area contributed by atoms with E-state index >= 15 is 0 Å². The van der Waals surface area contributed by atoms with Gasteiger partial charge in [-0.1, -0.05) is 32.0 Å². The van der Waals surface area contributed by atoms with Gasteiger partial charge in [-0.2, -0.15) is 0 Å². The maximum atomic E-state index is 13.2. The van der Waals surface area contributed by atoms with Crippen molar-refractivity contribution in [2.45, 2.75) is 20.4 Å². The molecule has 5 nitrogen and oxygen atoms in total. The molecule has 2 amide bonds. The number of carbonyl (C=O) groups excluding carboxylic acids is 2. The van der Waals surface area contributed by atoms with E-state index in [4.69, 9.17) is 0 Å². The van der Waals surface area contributed by atoms with Crippen LogP contribution in [0.1, 0.15) is 29.1 Å². The molecule has 29 heavy (non-hydrogen) atoms. The molecule has 3 rings (SSSR count). The predicted octanol–water partition coefficient (Wildman–Crippen LogP) is 3.33. The van der Waals surface area contributed by atoms with Gasteiger partial charge in [-0.15, -0.1) is 11.3 Å². The van der Waals surface area contributed by atoms with Gasteiger partial charge < -0.3 is 9.80 Å². The van der Waals surface area contributed by atoms with Crippen LogP contribution in [0.5, 0.6) is 0 Å². The van der Waals surface area contributed by atoms with E-state index in [1.54, 1.807) is 12.1 Å². The van der Waals surface area contributed by atoms with Gasteiger partial charge in [-0.25, -0.2) is 4.39 Å². The first-order valence-corrected chi connectivity index (χ1v) is 10.9. The van der Waals surface area contributed by atoms with E-state index in [0.29, 0.717) is 18.0 Å². The van der Waals surface area contributed by atoms with Crippen molar-refractivity contribution < 1.29 is 14.0 Å². The fourth-order valence-electron chi connectivity index (χ4n) is 3.44. The second-order valence-electron chi connectivity index (χ2n) is 7.65. The van der Waals surface area contributed by atoms with E-state index < -0.39 is 0 Å². The number of amides is 2. The molecule has 0 bridgehead atoms. The zero-order chi connectivity index (χ0) is 20.8. The van der Waals surface area contributed by atoms with E-state index in [1.165, 1.54) is 23.5 Å². The highest BCUT2D eigenvalue weighted by atomic mass is 32.1. The second-order valence-corrected chi connectivity index (χ2v) is 8.60. The van der Waals surface area contributed by atoms with Crippen LogP contribution in [0, 0.1) is 11.7 Å². The van der Waals surface area contributed by atoms with Crippen LogP contribution in [0.2, 0.25) is 0 Å². The Morgan fingerprint density at radius 2 is 1.79 bits per heavy atom. The van der Waals surface area contributed by atoms with Crippen molar-refractivity contribution in [2.75, 3.05) is 39.3 Å². The zero-order valence-corrected chi connectivity index (χ0v) is 17.8. The summed E-state index contributed by atoms with van der Waals surface area (Å²) < 4.78 is 13.2. The Hall–Kier alpha value is -2.25. The minimum atomic E-state index is -0.279. The molecule has 0 spiro atoms. The quantitative estimate of drug-likeness (QED) is 0.694. The third-order valence-corrected chi connectivity index (χ3v) is 6.03. The van der Waals surface area contributed by atoms with Crippen LogP contribution < -0.4 is 0 Å².